The van der Waals surface area contributed by atoms with Gasteiger partial charge in [-0.1, -0.05) is 0 Å². The van der Waals surface area contributed by atoms with Gasteiger partial charge < -0.3 is 15.2 Å². The van der Waals surface area contributed by atoms with Gasteiger partial charge in [0.25, 0.3) is 0 Å². The third kappa shape index (κ3) is 5.25. The van der Waals surface area contributed by atoms with Gasteiger partial charge in [-0.15, -0.1) is 0 Å². The van der Waals surface area contributed by atoms with Gasteiger partial charge in [-0.3, -0.25) is 4.90 Å². The first-order chi connectivity index (χ1) is 7.74. The highest BCUT2D eigenvalue weighted by molar-refractivity contribution is 4.75. The summed E-state index contributed by atoms with van der Waals surface area (Å²) < 4.78 is 5.15. The Morgan fingerprint density at radius 3 is 2.62 bits per heavy atom. The van der Waals surface area contributed by atoms with Crippen LogP contribution in [0.25, 0.3) is 0 Å². The molecule has 0 saturated carbocycles. The topological polar surface area (TPSA) is 44.7 Å². The molecule has 0 radical (unpaired) electrons. The van der Waals surface area contributed by atoms with Crippen LogP contribution in [-0.2, 0) is 4.74 Å². The van der Waals surface area contributed by atoms with Crippen LogP contribution in [0.4, 0.5) is 0 Å². The summed E-state index contributed by atoms with van der Waals surface area (Å²) in [5.41, 5.74) is 0. The van der Waals surface area contributed by atoms with E-state index in [-0.39, 0.29) is 6.10 Å². The van der Waals surface area contributed by atoms with Crippen LogP contribution < -0.4 is 5.32 Å². The fraction of sp³-hybridized carbons (Fsp3) is 1.00. The fourth-order valence-corrected chi connectivity index (χ4v) is 2.08. The molecule has 0 aliphatic carbocycles. The summed E-state index contributed by atoms with van der Waals surface area (Å²) in [6.45, 7) is 9.31. The quantitative estimate of drug-likeness (QED) is 0.636. The second-order valence-corrected chi connectivity index (χ2v) is 4.56. The van der Waals surface area contributed by atoms with Gasteiger partial charge in [0.15, 0.2) is 0 Å². The zero-order valence-electron chi connectivity index (χ0n) is 10.6. The second kappa shape index (κ2) is 8.01. The summed E-state index contributed by atoms with van der Waals surface area (Å²) in [6, 6.07) is 0.571. The number of nitrogens with zero attached hydrogens (tertiary/aromatic N) is 1. The van der Waals surface area contributed by atoms with Crippen LogP contribution in [0.1, 0.15) is 26.7 Å². The van der Waals surface area contributed by atoms with E-state index in [0.717, 1.165) is 6.54 Å². The Kier molecular flexibility index (Phi) is 6.96. The SMILES string of the molecule is CCOCC(O)CNCC(C)N1CCCC1. The smallest absolute Gasteiger partial charge is 0.0897 e. The summed E-state index contributed by atoms with van der Waals surface area (Å²) in [4.78, 5) is 2.50. The Bertz CT molecular complexity index is 172. The molecule has 0 amide bonds. The molecule has 0 bridgehead atoms. The van der Waals surface area contributed by atoms with Crippen molar-refractivity contribution in [1.82, 2.24) is 10.2 Å². The summed E-state index contributed by atoms with van der Waals surface area (Å²) in [7, 11) is 0. The lowest BCUT2D eigenvalue weighted by Gasteiger charge is -2.24. The highest BCUT2D eigenvalue weighted by Crippen LogP contribution is 2.10. The first-order valence-electron chi connectivity index (χ1n) is 6.44. The van der Waals surface area contributed by atoms with Gasteiger partial charge in [0, 0.05) is 25.7 Å². The van der Waals surface area contributed by atoms with E-state index >= 15 is 0 Å². The molecule has 0 aromatic rings. The molecule has 16 heavy (non-hydrogen) atoms. The van der Waals surface area contributed by atoms with Crippen molar-refractivity contribution in [2.45, 2.75) is 38.8 Å². The second-order valence-electron chi connectivity index (χ2n) is 4.56. The van der Waals surface area contributed by atoms with Crippen molar-refractivity contribution < 1.29 is 9.84 Å². The van der Waals surface area contributed by atoms with Gasteiger partial charge in [0.05, 0.1) is 12.7 Å². The van der Waals surface area contributed by atoms with Crippen molar-refractivity contribution in [3.63, 3.8) is 0 Å². The maximum atomic E-state index is 9.56. The molecule has 1 fully saturated rings. The molecule has 1 rings (SSSR count). The van der Waals surface area contributed by atoms with Crippen molar-refractivity contribution in [2.24, 2.45) is 0 Å². The molecule has 1 saturated heterocycles. The van der Waals surface area contributed by atoms with Crippen molar-refractivity contribution >= 4 is 0 Å². The zero-order valence-corrected chi connectivity index (χ0v) is 10.6. The normalized spacial score (nSPS) is 21.2. The van der Waals surface area contributed by atoms with Crippen LogP contribution in [0.2, 0.25) is 0 Å². The monoisotopic (exact) mass is 230 g/mol. The third-order valence-electron chi connectivity index (χ3n) is 3.10. The Morgan fingerprint density at radius 2 is 2.00 bits per heavy atom. The number of nitrogens with one attached hydrogen (secondary N) is 1. The summed E-state index contributed by atoms with van der Waals surface area (Å²) in [6.07, 6.45) is 2.28. The first kappa shape index (κ1) is 13.9. The Morgan fingerprint density at radius 1 is 1.31 bits per heavy atom. The molecule has 4 heteroatoms. The molecule has 1 aliphatic heterocycles. The van der Waals surface area contributed by atoms with Gasteiger partial charge in [0.1, 0.15) is 0 Å². The minimum Gasteiger partial charge on any atom is -0.389 e. The molecule has 2 atom stereocenters. The number of aliphatic hydroxyl groups excluding tert-OH is 1. The van der Waals surface area contributed by atoms with E-state index in [1.54, 1.807) is 0 Å². The average Bonchev–Trinajstić information content (AvgIpc) is 2.79. The molecular weight excluding hydrogens is 204 g/mol. The Hall–Kier alpha value is -0.160. The lowest BCUT2D eigenvalue weighted by atomic mass is 10.3. The van der Waals surface area contributed by atoms with Crippen molar-refractivity contribution in [1.29, 1.82) is 0 Å². The van der Waals surface area contributed by atoms with Crippen LogP contribution in [-0.4, -0.2) is 61.5 Å². The van der Waals surface area contributed by atoms with Crippen molar-refractivity contribution in [3.05, 3.63) is 0 Å². The number of likely N-dealkylation sites (tertiary alicyclic amines) is 1. The standard InChI is InChI=1S/C12H26N2O2/c1-3-16-10-12(15)9-13-8-11(2)14-6-4-5-7-14/h11-13,15H,3-10H2,1-2H3. The fourth-order valence-electron chi connectivity index (χ4n) is 2.08. The number of ether oxygens (including phenoxy) is 1. The van der Waals surface area contributed by atoms with Gasteiger partial charge in [-0.25, -0.2) is 0 Å². The van der Waals surface area contributed by atoms with E-state index in [4.69, 9.17) is 4.74 Å². The number of hydrogen-bond acceptors (Lipinski definition) is 4. The van der Waals surface area contributed by atoms with Crippen LogP contribution in [0.3, 0.4) is 0 Å². The summed E-state index contributed by atoms with van der Waals surface area (Å²) in [5, 5.41) is 12.9. The maximum Gasteiger partial charge on any atom is 0.0897 e. The molecule has 0 spiro atoms. The van der Waals surface area contributed by atoms with Crippen LogP contribution >= 0.6 is 0 Å². The molecule has 0 aromatic heterocycles. The molecule has 96 valence electrons. The van der Waals surface area contributed by atoms with Crippen LogP contribution in [0.5, 0.6) is 0 Å². The lowest BCUT2D eigenvalue weighted by Crippen LogP contribution is -2.41. The largest absolute Gasteiger partial charge is 0.389 e. The molecule has 1 heterocycles. The number of hydrogen-bond donors (Lipinski definition) is 2. The minimum atomic E-state index is -0.384. The van der Waals surface area contributed by atoms with E-state index in [1.807, 2.05) is 6.92 Å². The Balaban J connectivity index is 2.00. The molecule has 2 N–H and O–H groups in total. The number of rotatable bonds is 8. The number of aliphatic hydroxyl groups is 1. The first-order valence-corrected chi connectivity index (χ1v) is 6.44. The predicted molar refractivity (Wildman–Crippen MR) is 65.6 cm³/mol. The van der Waals surface area contributed by atoms with E-state index < -0.39 is 0 Å². The zero-order chi connectivity index (χ0) is 11.8. The van der Waals surface area contributed by atoms with E-state index in [1.165, 1.54) is 25.9 Å². The highest BCUT2D eigenvalue weighted by atomic mass is 16.5. The minimum absolute atomic E-state index is 0.384. The van der Waals surface area contributed by atoms with Crippen LogP contribution in [0, 0.1) is 0 Å². The highest BCUT2D eigenvalue weighted by Gasteiger charge is 2.17. The van der Waals surface area contributed by atoms with Gasteiger partial charge in [-0.2, -0.15) is 0 Å². The lowest BCUT2D eigenvalue weighted by molar-refractivity contribution is 0.0421. The predicted octanol–water partition coefficient (Wildman–Crippen LogP) is 0.458. The van der Waals surface area contributed by atoms with Crippen molar-refractivity contribution in [3.8, 4) is 0 Å². The molecule has 2 unspecified atom stereocenters. The summed E-state index contributed by atoms with van der Waals surface area (Å²) >= 11 is 0. The average molecular weight is 230 g/mol. The van der Waals surface area contributed by atoms with E-state index in [9.17, 15) is 5.11 Å². The van der Waals surface area contributed by atoms with E-state index in [0.29, 0.717) is 25.8 Å². The van der Waals surface area contributed by atoms with Gasteiger partial charge in [-0.05, 0) is 39.8 Å². The van der Waals surface area contributed by atoms with Gasteiger partial charge >= 0.3 is 0 Å². The summed E-state index contributed by atoms with van der Waals surface area (Å²) in [5.74, 6) is 0. The van der Waals surface area contributed by atoms with Crippen molar-refractivity contribution in [2.75, 3.05) is 39.4 Å². The molecule has 0 aromatic carbocycles. The molecule has 4 nitrogen and oxygen atoms in total. The van der Waals surface area contributed by atoms with E-state index in [2.05, 4.69) is 17.1 Å². The maximum absolute atomic E-state index is 9.56. The third-order valence-corrected chi connectivity index (χ3v) is 3.10. The van der Waals surface area contributed by atoms with Crippen LogP contribution in [0.15, 0.2) is 0 Å². The van der Waals surface area contributed by atoms with Gasteiger partial charge in [0.2, 0.25) is 0 Å². The molecule has 1 aliphatic rings. The molecular formula is C12H26N2O2. The Labute approximate surface area is 99.0 Å².